The van der Waals surface area contributed by atoms with Crippen LogP contribution in [-0.2, 0) is 22.4 Å². The van der Waals surface area contributed by atoms with Crippen molar-refractivity contribution in [2.45, 2.75) is 48.0 Å². The third-order valence-corrected chi connectivity index (χ3v) is 2.51. The van der Waals surface area contributed by atoms with E-state index in [-0.39, 0.29) is 62.9 Å². The Balaban J connectivity index is -0.000000113. The van der Waals surface area contributed by atoms with E-state index in [2.05, 4.69) is 53.7 Å². The SMILES string of the molecule is CC(C)(C)C1=[C-]C(C(C)(C)C)=CC1.[CH3-].[CH3-].[CH3-].[CH3-].[Nb+5]. The van der Waals surface area contributed by atoms with E-state index < -0.39 is 0 Å². The Morgan fingerprint density at radius 3 is 1.39 bits per heavy atom. The third-order valence-electron chi connectivity index (χ3n) is 2.51. The molecule has 0 aromatic rings. The van der Waals surface area contributed by atoms with Gasteiger partial charge >= 0.3 is 22.4 Å². The maximum atomic E-state index is 3.55. The summed E-state index contributed by atoms with van der Waals surface area (Å²) in [5.41, 5.74) is 3.35. The smallest absolute Gasteiger partial charge is 0.358 e. The van der Waals surface area contributed by atoms with Crippen molar-refractivity contribution < 1.29 is 22.4 Å². The average Bonchev–Trinajstić information content (AvgIpc) is 2.28. The van der Waals surface area contributed by atoms with Crippen LogP contribution in [0.25, 0.3) is 0 Å². The van der Waals surface area contributed by atoms with Gasteiger partial charge in [0.1, 0.15) is 0 Å². The molecule has 0 fully saturated rings. The van der Waals surface area contributed by atoms with Crippen LogP contribution in [0.5, 0.6) is 0 Å². The molecule has 0 heterocycles. The van der Waals surface area contributed by atoms with Gasteiger partial charge in [0.05, 0.1) is 0 Å². The molecule has 0 aliphatic heterocycles. The van der Waals surface area contributed by atoms with E-state index in [1.54, 1.807) is 0 Å². The van der Waals surface area contributed by atoms with Gasteiger partial charge in [0.15, 0.2) is 0 Å². The van der Waals surface area contributed by atoms with E-state index in [0.717, 1.165) is 6.42 Å². The van der Waals surface area contributed by atoms with Crippen LogP contribution in [0.1, 0.15) is 48.0 Å². The van der Waals surface area contributed by atoms with Crippen LogP contribution in [0.2, 0.25) is 0 Å². The summed E-state index contributed by atoms with van der Waals surface area (Å²) >= 11 is 0. The van der Waals surface area contributed by atoms with Gasteiger partial charge in [0, 0.05) is 0 Å². The van der Waals surface area contributed by atoms with Gasteiger partial charge in [-0.25, -0.2) is 17.7 Å². The molecular weight excluding hydrogens is 297 g/mol. The predicted octanol–water partition coefficient (Wildman–Crippen LogP) is 5.94. The minimum Gasteiger partial charge on any atom is -0.358 e. The fourth-order valence-electron chi connectivity index (χ4n) is 1.46. The largest absolute Gasteiger partial charge is 5.00 e. The van der Waals surface area contributed by atoms with E-state index >= 15 is 0 Å². The minimum atomic E-state index is 0. The molecule has 1 rings (SSSR count). The van der Waals surface area contributed by atoms with Crippen LogP contribution >= 0.6 is 0 Å². The Bertz CT molecular complexity index is 256. The Morgan fingerprint density at radius 1 is 0.833 bits per heavy atom. The topological polar surface area (TPSA) is 0 Å². The molecule has 0 spiro atoms. The van der Waals surface area contributed by atoms with E-state index in [1.165, 1.54) is 11.1 Å². The minimum absolute atomic E-state index is 0. The number of allylic oxidation sites excluding steroid dienone is 4. The molecule has 0 N–H and O–H groups in total. The van der Waals surface area contributed by atoms with Crippen LogP contribution in [0.4, 0.5) is 0 Å². The van der Waals surface area contributed by atoms with Crippen molar-refractivity contribution in [3.05, 3.63) is 53.0 Å². The Labute approximate surface area is 134 Å². The molecular formula is C17H33Nb. The van der Waals surface area contributed by atoms with Crippen LogP contribution in [0, 0.1) is 46.6 Å². The van der Waals surface area contributed by atoms with Gasteiger partial charge in [0.2, 0.25) is 0 Å². The van der Waals surface area contributed by atoms with Crippen molar-refractivity contribution in [2.24, 2.45) is 10.8 Å². The molecule has 0 radical (unpaired) electrons. The van der Waals surface area contributed by atoms with Crippen LogP contribution in [0.15, 0.2) is 17.2 Å². The molecule has 18 heavy (non-hydrogen) atoms. The first-order valence-corrected chi connectivity index (χ1v) is 5.05. The maximum absolute atomic E-state index is 3.55. The summed E-state index contributed by atoms with van der Waals surface area (Å²) in [6.07, 6.45) is 6.96. The normalized spacial score (nSPS) is 13.4. The second kappa shape index (κ2) is 10.1. The molecule has 0 saturated heterocycles. The summed E-state index contributed by atoms with van der Waals surface area (Å²) in [6, 6.07) is 0. The molecule has 0 atom stereocenters. The summed E-state index contributed by atoms with van der Waals surface area (Å²) in [7, 11) is 0. The second-order valence-electron chi connectivity index (χ2n) is 5.93. The number of rotatable bonds is 0. The summed E-state index contributed by atoms with van der Waals surface area (Å²) < 4.78 is 0. The van der Waals surface area contributed by atoms with E-state index in [1.807, 2.05) is 0 Å². The second-order valence-corrected chi connectivity index (χ2v) is 5.93. The van der Waals surface area contributed by atoms with E-state index in [0.29, 0.717) is 0 Å². The van der Waals surface area contributed by atoms with Gasteiger partial charge in [-0.1, -0.05) is 48.0 Å². The quantitative estimate of drug-likeness (QED) is 0.381. The van der Waals surface area contributed by atoms with Crippen molar-refractivity contribution in [1.82, 2.24) is 0 Å². The zero-order valence-electron chi connectivity index (χ0n) is 14.2. The van der Waals surface area contributed by atoms with Crippen LogP contribution in [0.3, 0.4) is 0 Å². The maximum Gasteiger partial charge on any atom is 5.00 e. The zero-order valence-corrected chi connectivity index (χ0v) is 16.4. The average molecular weight is 330 g/mol. The molecule has 1 aliphatic carbocycles. The van der Waals surface area contributed by atoms with E-state index in [4.69, 9.17) is 0 Å². The van der Waals surface area contributed by atoms with Crippen LogP contribution in [-0.4, -0.2) is 0 Å². The third kappa shape index (κ3) is 8.34. The van der Waals surface area contributed by atoms with Crippen LogP contribution < -0.4 is 0 Å². The first-order valence-electron chi connectivity index (χ1n) is 5.05. The first-order chi connectivity index (χ1) is 5.71. The molecule has 106 valence electrons. The van der Waals surface area contributed by atoms with Crippen molar-refractivity contribution in [2.75, 3.05) is 0 Å². The predicted molar refractivity (Wildman–Crippen MR) is 84.0 cm³/mol. The molecule has 1 aliphatic rings. The molecule has 1 heteroatoms. The first kappa shape index (κ1) is 30.9. The van der Waals surface area contributed by atoms with Gasteiger partial charge < -0.3 is 29.7 Å². The summed E-state index contributed by atoms with van der Waals surface area (Å²) in [5, 5.41) is 0. The molecule has 0 saturated carbocycles. The molecule has 0 amide bonds. The van der Waals surface area contributed by atoms with Crippen molar-refractivity contribution in [1.29, 1.82) is 0 Å². The zero-order chi connectivity index (χ0) is 10.3. The number of hydrogen-bond acceptors (Lipinski definition) is 0. The summed E-state index contributed by atoms with van der Waals surface area (Å²) in [4.78, 5) is 0. The molecule has 0 bridgehead atoms. The van der Waals surface area contributed by atoms with Gasteiger partial charge in [-0.05, 0) is 10.8 Å². The van der Waals surface area contributed by atoms with Gasteiger partial charge in [0.25, 0.3) is 0 Å². The van der Waals surface area contributed by atoms with Crippen molar-refractivity contribution >= 4 is 0 Å². The summed E-state index contributed by atoms with van der Waals surface area (Å²) in [5.74, 6) is 0. The summed E-state index contributed by atoms with van der Waals surface area (Å²) in [6.45, 7) is 13.5. The molecule has 0 aromatic heterocycles. The fraction of sp³-hybridized carbons (Fsp3) is 0.529. The van der Waals surface area contributed by atoms with Crippen molar-refractivity contribution in [3.63, 3.8) is 0 Å². The van der Waals surface area contributed by atoms with E-state index in [9.17, 15) is 0 Å². The monoisotopic (exact) mass is 330 g/mol. The molecule has 0 nitrogen and oxygen atoms in total. The van der Waals surface area contributed by atoms with Gasteiger partial charge in [-0.2, -0.15) is 5.57 Å². The number of hydrogen-bond donors (Lipinski definition) is 0. The Hall–Kier alpha value is 0.220. The van der Waals surface area contributed by atoms with Gasteiger partial charge in [-0.15, -0.1) is 0 Å². The standard InChI is InChI=1S/C13H21.4CH3.Nb/c1-12(2,3)10-7-8-11(9-10)13(4,5)6;;;;;/h7H,8H2,1-6H3;4*1H3;/q5*-1;+5. The molecule has 0 aromatic carbocycles. The Kier molecular flexibility index (Phi) is 17.3. The Morgan fingerprint density at radius 2 is 1.22 bits per heavy atom. The molecule has 0 unspecified atom stereocenters. The van der Waals surface area contributed by atoms with Gasteiger partial charge in [-0.3, -0.25) is 0 Å². The van der Waals surface area contributed by atoms with Crippen molar-refractivity contribution in [3.8, 4) is 0 Å². The fourth-order valence-corrected chi connectivity index (χ4v) is 1.46.